The molecule has 8 nitrogen and oxygen atoms in total. The van der Waals surface area contributed by atoms with Crippen LogP contribution in [-0.4, -0.2) is 64.4 Å². The van der Waals surface area contributed by atoms with Crippen molar-refractivity contribution in [3.8, 4) is 6.07 Å². The zero-order chi connectivity index (χ0) is 32.1. The number of hydrogen-bond acceptors (Lipinski definition) is 7. The number of rotatable bonds is 13. The van der Waals surface area contributed by atoms with Gasteiger partial charge in [-0.15, -0.1) is 0 Å². The van der Waals surface area contributed by atoms with Crippen LogP contribution in [0.15, 0.2) is 47.4 Å². The predicted octanol–water partition coefficient (Wildman–Crippen LogP) is 5.23. The maximum Gasteiger partial charge on any atom is 0.345 e. The third kappa shape index (κ3) is 8.28. The van der Waals surface area contributed by atoms with E-state index < -0.39 is 40.2 Å². The van der Waals surface area contributed by atoms with E-state index in [1.165, 1.54) is 12.1 Å². The molecule has 44 heavy (non-hydrogen) atoms. The minimum absolute atomic E-state index is 0.0356. The number of amides is 1. The Balaban J connectivity index is 1.62. The second-order valence-corrected chi connectivity index (χ2v) is 13.8. The third-order valence-electron chi connectivity index (χ3n) is 8.69. The lowest BCUT2D eigenvalue weighted by Crippen LogP contribution is -2.38. The van der Waals surface area contributed by atoms with Crippen LogP contribution >= 0.6 is 0 Å². The van der Waals surface area contributed by atoms with Gasteiger partial charge in [-0.3, -0.25) is 4.79 Å². The smallest absolute Gasteiger partial charge is 0.345 e. The summed E-state index contributed by atoms with van der Waals surface area (Å²) in [7, 11) is -3.45. The largest absolute Gasteiger partial charge is 0.366 e. The molecule has 2 aromatic carbocycles. The Bertz CT molecular complexity index is 1440. The van der Waals surface area contributed by atoms with Crippen LogP contribution in [0.2, 0.25) is 0 Å². The van der Waals surface area contributed by atoms with Crippen molar-refractivity contribution in [1.82, 2.24) is 5.32 Å². The first kappa shape index (κ1) is 33.7. The van der Waals surface area contributed by atoms with E-state index in [0.29, 0.717) is 49.2 Å². The fourth-order valence-corrected chi connectivity index (χ4v) is 7.06. The van der Waals surface area contributed by atoms with Crippen molar-refractivity contribution >= 4 is 21.4 Å². The molecule has 3 N–H and O–H groups in total. The fraction of sp³-hybridized carbons (Fsp3) is 0.548. The number of sulfone groups is 1. The Hall–Kier alpha value is -3.21. The number of primary amides is 1. The molecular weight excluding hydrogens is 600 g/mol. The van der Waals surface area contributed by atoms with Crippen molar-refractivity contribution in [3.05, 3.63) is 59.2 Å². The summed E-state index contributed by atoms with van der Waals surface area (Å²) in [5, 5.41) is 13.1. The second kappa shape index (κ2) is 14.3. The summed E-state index contributed by atoms with van der Waals surface area (Å²) < 4.78 is 82.6. The minimum atomic E-state index is -3.45. The average molecular weight is 639 g/mol. The van der Waals surface area contributed by atoms with E-state index in [1.54, 1.807) is 37.3 Å². The molecule has 0 aromatic heterocycles. The Morgan fingerprint density at radius 2 is 1.86 bits per heavy atom. The molecule has 1 heterocycles. The molecule has 240 valence electrons. The number of ether oxygens (including phenoxy) is 1. The first-order valence-electron chi connectivity index (χ1n) is 14.7. The molecular formula is C31H38F4N4O4S. The highest BCUT2D eigenvalue weighted by Gasteiger charge is 2.37. The highest BCUT2D eigenvalue weighted by atomic mass is 32.2. The summed E-state index contributed by atoms with van der Waals surface area (Å²) in [6, 6.07) is 12.7. The number of alkyl halides is 4. The van der Waals surface area contributed by atoms with Crippen LogP contribution in [0.1, 0.15) is 72.9 Å². The zero-order valence-corrected chi connectivity index (χ0v) is 25.3. The number of anilines is 1. The van der Waals surface area contributed by atoms with Crippen LogP contribution in [0.4, 0.5) is 23.2 Å². The molecule has 1 saturated heterocycles. The monoisotopic (exact) mass is 638 g/mol. The maximum atomic E-state index is 13.6. The standard InChI is InChI=1S/C31H38F4N4O4S/c1-2-44(41,42)25-6-3-21(4-7-25)26(11-14-36)28-16-23(5-8-27(28)29(37)40)39-18-22(15-24(39)19-43-30(32)33)38-17-20-9-12-31(34,35)13-10-20/h3-8,16,20,22,24,26,30,38H,2,9-13,15,17-19H2,1H3,(H2,37,40)/t22-,24-,26-/m0/s1. The molecule has 0 unspecified atom stereocenters. The molecule has 2 fully saturated rings. The van der Waals surface area contributed by atoms with Gasteiger partial charge in [-0.05, 0) is 73.2 Å². The molecule has 13 heteroatoms. The van der Waals surface area contributed by atoms with Gasteiger partial charge in [-0.1, -0.05) is 19.1 Å². The minimum Gasteiger partial charge on any atom is -0.366 e. The lowest BCUT2D eigenvalue weighted by molar-refractivity contribution is -0.131. The first-order chi connectivity index (χ1) is 20.8. The third-order valence-corrected chi connectivity index (χ3v) is 10.4. The molecule has 1 amide bonds. The van der Waals surface area contributed by atoms with Crippen LogP contribution < -0.4 is 16.0 Å². The summed E-state index contributed by atoms with van der Waals surface area (Å²) in [5.41, 5.74) is 7.57. The normalized spacial score (nSPS) is 21.3. The summed E-state index contributed by atoms with van der Waals surface area (Å²) in [6.45, 7) is -0.714. The molecule has 0 radical (unpaired) electrons. The van der Waals surface area contributed by atoms with Crippen LogP contribution in [0.25, 0.3) is 0 Å². The highest BCUT2D eigenvalue weighted by molar-refractivity contribution is 7.91. The number of carbonyl (C=O) groups is 1. The van der Waals surface area contributed by atoms with Gasteiger partial charge in [0, 0.05) is 49.0 Å². The molecule has 1 aliphatic carbocycles. The average Bonchev–Trinajstić information content (AvgIpc) is 3.41. The van der Waals surface area contributed by atoms with Gasteiger partial charge in [0.15, 0.2) is 9.84 Å². The van der Waals surface area contributed by atoms with Gasteiger partial charge in [-0.25, -0.2) is 17.2 Å². The number of benzene rings is 2. The van der Waals surface area contributed by atoms with Crippen LogP contribution in [-0.2, 0) is 14.6 Å². The summed E-state index contributed by atoms with van der Waals surface area (Å²) in [6.07, 6.45) is 0.980. The fourth-order valence-electron chi connectivity index (χ4n) is 6.17. The first-order valence-corrected chi connectivity index (χ1v) is 16.4. The van der Waals surface area contributed by atoms with Gasteiger partial charge in [0.25, 0.3) is 0 Å². The van der Waals surface area contributed by atoms with Crippen LogP contribution in [0.3, 0.4) is 0 Å². The van der Waals surface area contributed by atoms with Crippen molar-refractivity contribution in [2.24, 2.45) is 11.7 Å². The lowest BCUT2D eigenvalue weighted by Gasteiger charge is -2.29. The number of carbonyl (C=O) groups excluding carboxylic acids is 1. The van der Waals surface area contributed by atoms with Gasteiger partial charge in [-0.2, -0.15) is 14.0 Å². The highest BCUT2D eigenvalue weighted by Crippen LogP contribution is 2.37. The van der Waals surface area contributed by atoms with Gasteiger partial charge in [0.05, 0.1) is 29.4 Å². The molecule has 3 atom stereocenters. The van der Waals surface area contributed by atoms with Crippen molar-refractivity contribution in [1.29, 1.82) is 5.26 Å². The number of nitrogens with two attached hydrogens (primary N) is 1. The van der Waals surface area contributed by atoms with Crippen LogP contribution in [0, 0.1) is 17.2 Å². The quantitative estimate of drug-likeness (QED) is 0.288. The molecule has 1 aliphatic heterocycles. The molecule has 1 saturated carbocycles. The summed E-state index contributed by atoms with van der Waals surface area (Å²) >= 11 is 0. The van der Waals surface area contributed by atoms with E-state index in [9.17, 15) is 36.0 Å². The molecule has 0 spiro atoms. The van der Waals surface area contributed by atoms with E-state index in [1.807, 2.05) is 4.90 Å². The zero-order valence-electron chi connectivity index (χ0n) is 24.5. The molecule has 0 bridgehead atoms. The number of nitrogens with zero attached hydrogens (tertiary/aromatic N) is 2. The van der Waals surface area contributed by atoms with E-state index in [2.05, 4.69) is 16.1 Å². The van der Waals surface area contributed by atoms with Crippen LogP contribution in [0.5, 0.6) is 0 Å². The molecule has 4 rings (SSSR count). The number of halogens is 4. The summed E-state index contributed by atoms with van der Waals surface area (Å²) in [5.74, 6) is -3.92. The number of nitriles is 1. The number of hydrogen-bond donors (Lipinski definition) is 2. The number of nitrogens with one attached hydrogen (secondary N) is 1. The van der Waals surface area contributed by atoms with Crippen molar-refractivity contribution in [3.63, 3.8) is 0 Å². The molecule has 2 aliphatic rings. The van der Waals surface area contributed by atoms with Crippen molar-refractivity contribution in [2.75, 3.05) is 30.3 Å². The second-order valence-electron chi connectivity index (χ2n) is 11.6. The van der Waals surface area contributed by atoms with Gasteiger partial charge in [0.2, 0.25) is 11.8 Å². The van der Waals surface area contributed by atoms with Crippen molar-refractivity contribution in [2.45, 2.75) is 80.9 Å². The topological polar surface area (TPSA) is 126 Å². The van der Waals surface area contributed by atoms with E-state index >= 15 is 0 Å². The Labute approximate surface area is 255 Å². The van der Waals surface area contributed by atoms with Crippen molar-refractivity contribution < 1.29 is 35.5 Å². The van der Waals surface area contributed by atoms with Gasteiger partial charge < -0.3 is 20.7 Å². The SMILES string of the molecule is CCS(=O)(=O)c1ccc([C@H](CC#N)c2cc(N3C[C@@H](NCC4CCC(F)(F)CC4)C[C@H]3COC(F)F)ccc2C(N)=O)cc1. The Kier molecular flexibility index (Phi) is 10.9. The van der Waals surface area contributed by atoms with Gasteiger partial charge >= 0.3 is 6.61 Å². The van der Waals surface area contributed by atoms with E-state index in [0.717, 1.165) is 0 Å². The Morgan fingerprint density at radius 3 is 2.45 bits per heavy atom. The molecule has 2 aromatic rings. The summed E-state index contributed by atoms with van der Waals surface area (Å²) in [4.78, 5) is 14.5. The Morgan fingerprint density at radius 1 is 1.18 bits per heavy atom. The predicted molar refractivity (Wildman–Crippen MR) is 158 cm³/mol. The lowest BCUT2D eigenvalue weighted by atomic mass is 9.85. The maximum absolute atomic E-state index is 13.6. The van der Waals surface area contributed by atoms with E-state index in [4.69, 9.17) is 5.73 Å². The van der Waals surface area contributed by atoms with E-state index in [-0.39, 0.29) is 54.0 Å². The van der Waals surface area contributed by atoms with Gasteiger partial charge in [0.1, 0.15) is 0 Å².